The van der Waals surface area contributed by atoms with Crippen molar-refractivity contribution in [2.24, 2.45) is 0 Å². The zero-order valence-corrected chi connectivity index (χ0v) is 11.5. The lowest BCUT2D eigenvalue weighted by Crippen LogP contribution is -2.33. The number of ether oxygens (including phenoxy) is 2. The van der Waals surface area contributed by atoms with Crippen LogP contribution in [0.2, 0.25) is 0 Å². The number of methoxy groups -OCH3 is 1. The number of nitrogens with zero attached hydrogens (tertiary/aromatic N) is 1. The monoisotopic (exact) mass is 262 g/mol. The van der Waals surface area contributed by atoms with E-state index in [-0.39, 0.29) is 12.0 Å². The SMILES string of the molecule is CCOC1=[N+](Cc2ccccc2)[C@@H](C(=O)OC)CC1. The van der Waals surface area contributed by atoms with Crippen molar-refractivity contribution < 1.29 is 18.8 Å². The van der Waals surface area contributed by atoms with Gasteiger partial charge in [0.05, 0.1) is 20.1 Å². The average Bonchev–Trinajstić information content (AvgIpc) is 2.83. The van der Waals surface area contributed by atoms with E-state index in [0.717, 1.165) is 24.3 Å². The molecule has 0 aromatic heterocycles. The molecule has 0 saturated heterocycles. The van der Waals surface area contributed by atoms with E-state index in [1.165, 1.54) is 7.11 Å². The molecule has 4 nitrogen and oxygen atoms in total. The topological polar surface area (TPSA) is 38.5 Å². The molecule has 102 valence electrons. The first-order valence-corrected chi connectivity index (χ1v) is 6.63. The molecule has 1 aliphatic rings. The minimum absolute atomic E-state index is 0.189. The van der Waals surface area contributed by atoms with Crippen LogP contribution in [0.4, 0.5) is 0 Å². The van der Waals surface area contributed by atoms with Gasteiger partial charge in [0, 0.05) is 12.0 Å². The molecule has 1 atom stereocenters. The predicted octanol–water partition coefficient (Wildman–Crippen LogP) is 1.97. The third kappa shape index (κ3) is 3.13. The summed E-state index contributed by atoms with van der Waals surface area (Å²) in [7, 11) is 1.43. The van der Waals surface area contributed by atoms with Crippen molar-refractivity contribution >= 4 is 11.9 Å². The fraction of sp³-hybridized carbons (Fsp3) is 0.467. The average molecular weight is 262 g/mol. The highest BCUT2D eigenvalue weighted by Crippen LogP contribution is 2.18. The zero-order valence-electron chi connectivity index (χ0n) is 11.5. The van der Waals surface area contributed by atoms with Crippen LogP contribution in [-0.4, -0.2) is 36.2 Å². The summed E-state index contributed by atoms with van der Waals surface area (Å²) in [6.45, 7) is 3.25. The summed E-state index contributed by atoms with van der Waals surface area (Å²) >= 11 is 0. The molecule has 1 aliphatic heterocycles. The van der Waals surface area contributed by atoms with E-state index in [2.05, 4.69) is 12.1 Å². The molecule has 0 saturated carbocycles. The molecule has 0 amide bonds. The predicted molar refractivity (Wildman–Crippen MR) is 72.1 cm³/mol. The molecule has 0 fully saturated rings. The molecule has 0 spiro atoms. The molecule has 0 bridgehead atoms. The second kappa shape index (κ2) is 6.36. The van der Waals surface area contributed by atoms with Gasteiger partial charge in [-0.15, -0.1) is 0 Å². The maximum atomic E-state index is 11.8. The lowest BCUT2D eigenvalue weighted by atomic mass is 10.2. The van der Waals surface area contributed by atoms with E-state index < -0.39 is 0 Å². The van der Waals surface area contributed by atoms with Crippen LogP contribution in [0.15, 0.2) is 30.3 Å². The molecule has 0 unspecified atom stereocenters. The Bertz CT molecular complexity index is 468. The van der Waals surface area contributed by atoms with E-state index in [1.54, 1.807) is 0 Å². The maximum absolute atomic E-state index is 11.8. The Balaban J connectivity index is 2.23. The number of hydrogen-bond acceptors (Lipinski definition) is 3. The van der Waals surface area contributed by atoms with Crippen molar-refractivity contribution in [3.8, 4) is 0 Å². The van der Waals surface area contributed by atoms with Gasteiger partial charge in [-0.25, -0.2) is 4.79 Å². The van der Waals surface area contributed by atoms with Crippen molar-refractivity contribution in [1.82, 2.24) is 0 Å². The molecule has 0 radical (unpaired) electrons. The van der Waals surface area contributed by atoms with Crippen molar-refractivity contribution in [2.75, 3.05) is 13.7 Å². The van der Waals surface area contributed by atoms with Gasteiger partial charge in [-0.2, -0.15) is 4.58 Å². The molecule has 4 heteroatoms. The number of hydrogen-bond donors (Lipinski definition) is 0. The Morgan fingerprint density at radius 1 is 1.37 bits per heavy atom. The Morgan fingerprint density at radius 3 is 2.74 bits per heavy atom. The van der Waals surface area contributed by atoms with E-state index in [4.69, 9.17) is 9.47 Å². The number of rotatable bonds is 4. The Hall–Kier alpha value is -1.84. The number of carbonyl (C=O) groups excluding carboxylic acids is 1. The van der Waals surface area contributed by atoms with Crippen LogP contribution >= 0.6 is 0 Å². The molecule has 0 N–H and O–H groups in total. The summed E-state index contributed by atoms with van der Waals surface area (Å²) in [6, 6.07) is 9.86. The standard InChI is InChI=1S/C15H20NO3/c1-3-19-14-10-9-13(15(17)18-2)16(14)11-12-7-5-4-6-8-12/h4-8,13H,3,9-11H2,1-2H3/q+1/t13-/m1/s1. The van der Waals surface area contributed by atoms with Crippen molar-refractivity contribution in [2.45, 2.75) is 32.4 Å². The van der Waals surface area contributed by atoms with Gasteiger partial charge in [0.1, 0.15) is 0 Å². The Labute approximate surface area is 113 Å². The molecule has 1 heterocycles. The zero-order chi connectivity index (χ0) is 13.7. The quantitative estimate of drug-likeness (QED) is 0.615. The molecule has 1 aromatic carbocycles. The Morgan fingerprint density at radius 2 is 2.11 bits per heavy atom. The van der Waals surface area contributed by atoms with Gasteiger partial charge in [-0.05, 0) is 6.92 Å². The van der Waals surface area contributed by atoms with Crippen LogP contribution in [0, 0.1) is 0 Å². The van der Waals surface area contributed by atoms with Gasteiger partial charge < -0.3 is 9.47 Å². The van der Waals surface area contributed by atoms with Gasteiger partial charge in [-0.3, -0.25) is 0 Å². The third-order valence-electron chi connectivity index (χ3n) is 3.31. The number of carbonyl (C=O) groups is 1. The lowest BCUT2D eigenvalue weighted by Gasteiger charge is -2.09. The highest BCUT2D eigenvalue weighted by molar-refractivity contribution is 5.80. The molecular weight excluding hydrogens is 242 g/mol. The molecule has 1 aromatic rings. The van der Waals surface area contributed by atoms with Gasteiger partial charge in [0.15, 0.2) is 6.54 Å². The van der Waals surface area contributed by atoms with Gasteiger partial charge in [0.2, 0.25) is 0 Å². The van der Waals surface area contributed by atoms with Crippen LogP contribution < -0.4 is 0 Å². The summed E-state index contributed by atoms with van der Waals surface area (Å²) in [4.78, 5) is 11.8. The summed E-state index contributed by atoms with van der Waals surface area (Å²) < 4.78 is 12.5. The highest BCUT2D eigenvalue weighted by Gasteiger charge is 2.40. The van der Waals surface area contributed by atoms with E-state index in [1.807, 2.05) is 29.7 Å². The summed E-state index contributed by atoms with van der Waals surface area (Å²) in [5.74, 6) is 0.701. The summed E-state index contributed by atoms with van der Waals surface area (Å²) in [5, 5.41) is 0. The van der Waals surface area contributed by atoms with Crippen molar-refractivity contribution in [3.63, 3.8) is 0 Å². The van der Waals surface area contributed by atoms with Crippen LogP contribution in [-0.2, 0) is 20.8 Å². The fourth-order valence-electron chi connectivity index (χ4n) is 2.41. The highest BCUT2D eigenvalue weighted by atomic mass is 16.5. The molecule has 0 aliphatic carbocycles. The first kappa shape index (κ1) is 13.6. The van der Waals surface area contributed by atoms with Crippen LogP contribution in [0.5, 0.6) is 0 Å². The number of esters is 1. The second-order valence-electron chi connectivity index (χ2n) is 4.52. The second-order valence-corrected chi connectivity index (χ2v) is 4.52. The smallest absolute Gasteiger partial charge is 0.375 e. The van der Waals surface area contributed by atoms with Crippen molar-refractivity contribution in [3.05, 3.63) is 35.9 Å². The van der Waals surface area contributed by atoms with Gasteiger partial charge in [-0.1, -0.05) is 30.3 Å². The lowest BCUT2D eigenvalue weighted by molar-refractivity contribution is -0.569. The molecular formula is C15H20NO3+. The first-order valence-electron chi connectivity index (χ1n) is 6.63. The number of benzene rings is 1. The van der Waals surface area contributed by atoms with Crippen LogP contribution in [0.1, 0.15) is 25.3 Å². The van der Waals surface area contributed by atoms with E-state index in [9.17, 15) is 4.79 Å². The van der Waals surface area contributed by atoms with Gasteiger partial charge in [0.25, 0.3) is 6.04 Å². The molecule has 2 rings (SSSR count). The Kier molecular flexibility index (Phi) is 4.55. The molecule has 19 heavy (non-hydrogen) atoms. The van der Waals surface area contributed by atoms with Crippen LogP contribution in [0.3, 0.4) is 0 Å². The van der Waals surface area contributed by atoms with Gasteiger partial charge >= 0.3 is 11.9 Å². The minimum Gasteiger partial charge on any atom is -0.464 e. The summed E-state index contributed by atoms with van der Waals surface area (Å²) in [5.41, 5.74) is 1.16. The van der Waals surface area contributed by atoms with Crippen molar-refractivity contribution in [1.29, 1.82) is 0 Å². The largest absolute Gasteiger partial charge is 0.464 e. The van der Waals surface area contributed by atoms with E-state index >= 15 is 0 Å². The fourth-order valence-corrected chi connectivity index (χ4v) is 2.41. The van der Waals surface area contributed by atoms with E-state index in [0.29, 0.717) is 13.2 Å². The summed E-state index contributed by atoms with van der Waals surface area (Å²) in [6.07, 6.45) is 1.55. The first-order chi connectivity index (χ1) is 9.26. The third-order valence-corrected chi connectivity index (χ3v) is 3.31. The minimum atomic E-state index is -0.230. The van der Waals surface area contributed by atoms with Crippen LogP contribution in [0.25, 0.3) is 0 Å². The maximum Gasteiger partial charge on any atom is 0.375 e. The normalized spacial score (nSPS) is 18.5.